The number of piperazine rings is 2. The van der Waals surface area contributed by atoms with E-state index in [4.69, 9.17) is 5.11 Å². The van der Waals surface area contributed by atoms with Crippen molar-refractivity contribution in [1.29, 1.82) is 0 Å². The molecule has 0 radical (unpaired) electrons. The maximum Gasteiger partial charge on any atom is 0.407 e. The summed E-state index contributed by atoms with van der Waals surface area (Å²) in [6, 6.07) is 4.68. The van der Waals surface area contributed by atoms with Crippen LogP contribution in [0.2, 0.25) is 0 Å². The molecule has 154 valence electrons. The van der Waals surface area contributed by atoms with Crippen LogP contribution in [0.4, 0.5) is 14.9 Å². The predicted octanol–water partition coefficient (Wildman–Crippen LogP) is 2.09. The summed E-state index contributed by atoms with van der Waals surface area (Å²) in [7, 11) is 0. The monoisotopic (exact) mass is 392 g/mol. The first-order chi connectivity index (χ1) is 13.3. The molecule has 2 N–H and O–H groups in total. The molecule has 2 heterocycles. The lowest BCUT2D eigenvalue weighted by Crippen LogP contribution is -2.53. The number of anilines is 1. The molecule has 7 nitrogen and oxygen atoms in total. The van der Waals surface area contributed by atoms with Gasteiger partial charge in [0.1, 0.15) is 5.82 Å². The number of hydrogen-bond acceptors (Lipinski definition) is 4. The number of hydrogen-bond donors (Lipinski definition) is 2. The molecule has 0 spiro atoms. The van der Waals surface area contributed by atoms with Crippen molar-refractivity contribution in [3.8, 4) is 0 Å². The molecular weight excluding hydrogens is 363 g/mol. The third-order valence-corrected chi connectivity index (χ3v) is 5.34. The number of amides is 2. The van der Waals surface area contributed by atoms with E-state index in [2.05, 4.69) is 19.2 Å². The van der Waals surface area contributed by atoms with Gasteiger partial charge in [-0.2, -0.15) is 0 Å². The van der Waals surface area contributed by atoms with E-state index < -0.39 is 11.9 Å². The van der Waals surface area contributed by atoms with E-state index in [1.54, 1.807) is 11.0 Å². The fourth-order valence-electron chi connectivity index (χ4n) is 3.96. The molecule has 0 unspecified atom stereocenters. The van der Waals surface area contributed by atoms with Gasteiger partial charge < -0.3 is 25.1 Å². The Bertz CT molecular complexity index is 719. The van der Waals surface area contributed by atoms with Crippen molar-refractivity contribution in [3.63, 3.8) is 0 Å². The quantitative estimate of drug-likeness (QED) is 0.821. The number of carbonyl (C=O) groups is 2. The van der Waals surface area contributed by atoms with Crippen LogP contribution in [0.25, 0.3) is 0 Å². The van der Waals surface area contributed by atoms with Crippen molar-refractivity contribution in [2.24, 2.45) is 5.92 Å². The maximum absolute atomic E-state index is 14.2. The van der Waals surface area contributed by atoms with Crippen LogP contribution >= 0.6 is 0 Å². The molecule has 1 aromatic rings. The van der Waals surface area contributed by atoms with E-state index >= 15 is 0 Å². The lowest BCUT2D eigenvalue weighted by molar-refractivity contribution is 0.0693. The Kier molecular flexibility index (Phi) is 6.39. The highest BCUT2D eigenvalue weighted by molar-refractivity contribution is 5.95. The van der Waals surface area contributed by atoms with Crippen molar-refractivity contribution in [3.05, 3.63) is 29.6 Å². The normalized spacial score (nSPS) is 20.6. The Morgan fingerprint density at radius 3 is 2.50 bits per heavy atom. The van der Waals surface area contributed by atoms with Crippen LogP contribution in [0.15, 0.2) is 18.2 Å². The van der Waals surface area contributed by atoms with Crippen molar-refractivity contribution < 1.29 is 19.1 Å². The number of rotatable bonds is 4. The molecule has 28 heavy (non-hydrogen) atoms. The van der Waals surface area contributed by atoms with Crippen LogP contribution in [0.1, 0.15) is 30.6 Å². The molecule has 0 bridgehead atoms. The summed E-state index contributed by atoms with van der Waals surface area (Å²) in [5, 5.41) is 12.5. The second-order valence-electron chi connectivity index (χ2n) is 7.99. The lowest BCUT2D eigenvalue weighted by atomic mass is 10.0. The standard InChI is InChI=1S/C20H29FN4O3/c1-14(2)9-17-13-25(4-3-22-17)19(26)15-10-16(21)12-18(11-15)23-5-7-24(8-6-23)20(27)28/h10-12,14,17,22H,3-9,13H2,1-2H3,(H,27,28)/t17-/m0/s1. The summed E-state index contributed by atoms with van der Waals surface area (Å²) >= 11 is 0. The van der Waals surface area contributed by atoms with Gasteiger partial charge in [0, 0.05) is 63.1 Å². The van der Waals surface area contributed by atoms with E-state index in [9.17, 15) is 14.0 Å². The number of halogens is 1. The third kappa shape index (κ3) is 4.92. The Hall–Kier alpha value is -2.35. The van der Waals surface area contributed by atoms with Crippen LogP contribution in [-0.4, -0.2) is 78.8 Å². The first-order valence-corrected chi connectivity index (χ1v) is 9.89. The van der Waals surface area contributed by atoms with E-state index in [1.165, 1.54) is 17.0 Å². The maximum atomic E-state index is 14.2. The molecule has 2 saturated heterocycles. The highest BCUT2D eigenvalue weighted by atomic mass is 19.1. The van der Waals surface area contributed by atoms with E-state index in [1.807, 2.05) is 4.90 Å². The molecule has 0 saturated carbocycles. The second-order valence-corrected chi connectivity index (χ2v) is 7.99. The zero-order chi connectivity index (χ0) is 20.3. The second kappa shape index (κ2) is 8.77. The van der Waals surface area contributed by atoms with E-state index in [0.29, 0.717) is 56.4 Å². The van der Waals surface area contributed by atoms with Crippen LogP contribution < -0.4 is 10.2 Å². The highest BCUT2D eigenvalue weighted by Crippen LogP contribution is 2.22. The topological polar surface area (TPSA) is 76.1 Å². The molecule has 2 aliphatic rings. The van der Waals surface area contributed by atoms with Gasteiger partial charge in [-0.15, -0.1) is 0 Å². The minimum atomic E-state index is -0.940. The molecule has 8 heteroatoms. The number of benzene rings is 1. The Morgan fingerprint density at radius 1 is 1.14 bits per heavy atom. The van der Waals surface area contributed by atoms with Crippen LogP contribution in [0, 0.1) is 11.7 Å². The fourth-order valence-corrected chi connectivity index (χ4v) is 3.96. The largest absolute Gasteiger partial charge is 0.465 e. The zero-order valence-corrected chi connectivity index (χ0v) is 16.5. The molecule has 1 atom stereocenters. The Morgan fingerprint density at radius 2 is 1.86 bits per heavy atom. The van der Waals surface area contributed by atoms with Gasteiger partial charge in [-0.3, -0.25) is 4.79 Å². The van der Waals surface area contributed by atoms with Gasteiger partial charge in [0.15, 0.2) is 0 Å². The number of carboxylic acid groups (broad SMARTS) is 1. The minimum Gasteiger partial charge on any atom is -0.465 e. The van der Waals surface area contributed by atoms with Crippen LogP contribution in [0.3, 0.4) is 0 Å². The fraction of sp³-hybridized carbons (Fsp3) is 0.600. The first-order valence-electron chi connectivity index (χ1n) is 9.89. The molecule has 2 fully saturated rings. The average molecular weight is 392 g/mol. The van der Waals surface area contributed by atoms with Gasteiger partial charge in [0.25, 0.3) is 5.91 Å². The number of nitrogens with one attached hydrogen (secondary N) is 1. The predicted molar refractivity (Wildman–Crippen MR) is 105 cm³/mol. The summed E-state index contributed by atoms with van der Waals surface area (Å²) in [5.74, 6) is -0.0617. The zero-order valence-electron chi connectivity index (χ0n) is 16.5. The Labute approximate surface area is 165 Å². The molecule has 2 amide bonds. The van der Waals surface area contributed by atoms with Gasteiger partial charge in [-0.1, -0.05) is 13.8 Å². The smallest absolute Gasteiger partial charge is 0.407 e. The van der Waals surface area contributed by atoms with Gasteiger partial charge in [-0.05, 0) is 30.5 Å². The Balaban J connectivity index is 1.70. The summed E-state index contributed by atoms with van der Waals surface area (Å²) in [4.78, 5) is 29.1. The molecule has 3 rings (SSSR count). The van der Waals surface area contributed by atoms with Gasteiger partial charge in [0.05, 0.1) is 0 Å². The van der Waals surface area contributed by atoms with Gasteiger partial charge in [-0.25, -0.2) is 9.18 Å². The third-order valence-electron chi connectivity index (χ3n) is 5.34. The average Bonchev–Trinajstić information content (AvgIpc) is 2.66. The number of carbonyl (C=O) groups excluding carboxylic acids is 1. The van der Waals surface area contributed by atoms with Crippen LogP contribution in [-0.2, 0) is 0 Å². The van der Waals surface area contributed by atoms with Gasteiger partial charge >= 0.3 is 6.09 Å². The first kappa shape index (κ1) is 20.4. The molecule has 0 aliphatic carbocycles. The molecule has 1 aromatic carbocycles. The van der Waals surface area contributed by atoms with E-state index in [-0.39, 0.29) is 11.9 Å². The summed E-state index contributed by atoms with van der Waals surface area (Å²) in [6.45, 7) is 7.98. The van der Waals surface area contributed by atoms with Crippen molar-refractivity contribution in [2.75, 3.05) is 50.7 Å². The molecule has 2 aliphatic heterocycles. The van der Waals surface area contributed by atoms with Crippen LogP contribution in [0.5, 0.6) is 0 Å². The molecule has 0 aromatic heterocycles. The highest BCUT2D eigenvalue weighted by Gasteiger charge is 2.26. The SMILES string of the molecule is CC(C)C[C@H]1CN(C(=O)c2cc(F)cc(N3CCN(C(=O)O)CC3)c2)CCN1. The van der Waals surface area contributed by atoms with Gasteiger partial charge in [0.2, 0.25) is 0 Å². The summed E-state index contributed by atoms with van der Waals surface area (Å²) in [6.07, 6.45) is 0.0517. The van der Waals surface area contributed by atoms with Crippen molar-refractivity contribution >= 4 is 17.7 Å². The van der Waals surface area contributed by atoms with Crippen molar-refractivity contribution in [2.45, 2.75) is 26.3 Å². The summed E-state index contributed by atoms with van der Waals surface area (Å²) < 4.78 is 14.2. The molecular formula is C20H29FN4O3. The van der Waals surface area contributed by atoms with E-state index in [0.717, 1.165) is 13.0 Å². The number of nitrogens with zero attached hydrogens (tertiary/aromatic N) is 3. The lowest BCUT2D eigenvalue weighted by Gasteiger charge is -2.36. The summed E-state index contributed by atoms with van der Waals surface area (Å²) in [5.41, 5.74) is 0.975. The minimum absolute atomic E-state index is 0.153. The van der Waals surface area contributed by atoms with Crippen molar-refractivity contribution in [1.82, 2.24) is 15.1 Å².